The summed E-state index contributed by atoms with van der Waals surface area (Å²) < 4.78 is 56.5. The molecule has 0 spiro atoms. The maximum Gasteiger partial charge on any atom is 0.400 e. The first-order valence-corrected chi connectivity index (χ1v) is 10.4. The van der Waals surface area contributed by atoms with E-state index < -0.39 is 51.9 Å². The van der Waals surface area contributed by atoms with Crippen LogP contribution in [0.25, 0.3) is 0 Å². The van der Waals surface area contributed by atoms with Crippen LogP contribution in [0.3, 0.4) is 0 Å². The van der Waals surface area contributed by atoms with Crippen molar-refractivity contribution in [1.82, 2.24) is 15.8 Å². The van der Waals surface area contributed by atoms with Crippen LogP contribution >= 0.6 is 23.2 Å². The molecule has 3 heterocycles. The molecule has 13 heteroatoms. The number of carbonyl (C=O) groups is 2. The molecular weight excluding hydrogens is 491 g/mol. The van der Waals surface area contributed by atoms with Gasteiger partial charge in [-0.1, -0.05) is 23.2 Å². The summed E-state index contributed by atoms with van der Waals surface area (Å²) in [6.07, 6.45) is -3.70. The predicted molar refractivity (Wildman–Crippen MR) is 111 cm³/mol. The van der Waals surface area contributed by atoms with Gasteiger partial charge in [0.1, 0.15) is 23.8 Å². The lowest BCUT2D eigenvalue weighted by Crippen LogP contribution is -2.45. The van der Waals surface area contributed by atoms with Crippen LogP contribution in [0.1, 0.15) is 22.5 Å². The number of alkyl halides is 3. The van der Waals surface area contributed by atoms with Crippen molar-refractivity contribution in [2.45, 2.75) is 24.1 Å². The third-order valence-electron chi connectivity index (χ3n) is 5.74. The Morgan fingerprint density at radius 2 is 1.97 bits per heavy atom. The zero-order valence-electron chi connectivity index (χ0n) is 16.7. The van der Waals surface area contributed by atoms with Gasteiger partial charge in [0, 0.05) is 13.1 Å². The second-order valence-corrected chi connectivity index (χ2v) is 8.52. The quantitative estimate of drug-likeness (QED) is 0.490. The topological polar surface area (TPSA) is 83.6 Å². The van der Waals surface area contributed by atoms with Gasteiger partial charge in [-0.2, -0.15) is 13.2 Å². The Morgan fingerprint density at radius 3 is 2.52 bits per heavy atom. The number of anilines is 1. The average Bonchev–Trinajstić information content (AvgIpc) is 3.39. The van der Waals surface area contributed by atoms with Gasteiger partial charge in [0.15, 0.2) is 5.82 Å². The molecule has 176 valence electrons. The highest BCUT2D eigenvalue weighted by atomic mass is 35.5. The summed E-state index contributed by atoms with van der Waals surface area (Å²) in [6.45, 7) is -0.478. The van der Waals surface area contributed by atoms with Crippen LogP contribution in [0.15, 0.2) is 30.5 Å². The third-order valence-corrected chi connectivity index (χ3v) is 6.29. The minimum absolute atomic E-state index is 0.0168. The molecule has 1 aromatic heterocycles. The molecule has 2 fully saturated rings. The van der Waals surface area contributed by atoms with Crippen LogP contribution in [0.4, 0.5) is 23.2 Å². The maximum atomic E-state index is 14.2. The molecule has 33 heavy (non-hydrogen) atoms. The molecule has 2 aromatic rings. The van der Waals surface area contributed by atoms with E-state index in [1.807, 2.05) is 0 Å². The Bertz CT molecular complexity index is 1080. The molecule has 0 aliphatic carbocycles. The number of amides is 2. The van der Waals surface area contributed by atoms with E-state index in [0.717, 1.165) is 12.1 Å². The van der Waals surface area contributed by atoms with E-state index in [-0.39, 0.29) is 30.8 Å². The zero-order valence-corrected chi connectivity index (χ0v) is 18.2. The number of nitrogens with zero attached hydrogens (tertiary/aromatic N) is 2. The fourth-order valence-corrected chi connectivity index (χ4v) is 4.37. The largest absolute Gasteiger partial charge is 0.400 e. The summed E-state index contributed by atoms with van der Waals surface area (Å²) in [5.74, 6) is -2.11. The van der Waals surface area contributed by atoms with Gasteiger partial charge in [0.2, 0.25) is 0 Å². The number of carbonyl (C=O) groups excluding carboxylic acids is 2. The molecule has 2 aliphatic heterocycles. The van der Waals surface area contributed by atoms with E-state index >= 15 is 0 Å². The van der Waals surface area contributed by atoms with Crippen molar-refractivity contribution in [3.8, 4) is 0 Å². The van der Waals surface area contributed by atoms with Gasteiger partial charge in [-0.3, -0.25) is 14.4 Å². The third kappa shape index (κ3) is 4.32. The van der Waals surface area contributed by atoms with Crippen molar-refractivity contribution >= 4 is 40.7 Å². The number of hydroxylamine groups is 1. The zero-order chi connectivity index (χ0) is 24.0. The molecule has 0 bridgehead atoms. The van der Waals surface area contributed by atoms with Crippen molar-refractivity contribution < 1.29 is 32.0 Å². The SMILES string of the molecule is O=C(NC1CONC1=O)c1ccc(N2CCC(c3cc(Cl)c(F)c(Cl)c3)(C(F)(F)F)C2)cn1. The van der Waals surface area contributed by atoms with Crippen LogP contribution in [-0.4, -0.2) is 48.7 Å². The Kier molecular flexibility index (Phi) is 6.14. The minimum Gasteiger partial charge on any atom is -0.369 e. The summed E-state index contributed by atoms with van der Waals surface area (Å²) in [7, 11) is 0. The molecule has 4 rings (SSSR count). The first kappa shape index (κ1) is 23.5. The van der Waals surface area contributed by atoms with Crippen molar-refractivity contribution in [2.24, 2.45) is 0 Å². The first-order valence-electron chi connectivity index (χ1n) is 9.67. The number of nitrogens with one attached hydrogen (secondary N) is 2. The Morgan fingerprint density at radius 1 is 1.27 bits per heavy atom. The van der Waals surface area contributed by atoms with Gasteiger partial charge >= 0.3 is 6.18 Å². The van der Waals surface area contributed by atoms with Gasteiger partial charge in [0.25, 0.3) is 11.8 Å². The number of rotatable bonds is 4. The summed E-state index contributed by atoms with van der Waals surface area (Å²) in [5, 5.41) is 1.47. The van der Waals surface area contributed by atoms with Crippen LogP contribution in [0, 0.1) is 5.82 Å². The van der Waals surface area contributed by atoms with Crippen molar-refractivity contribution in [3.63, 3.8) is 0 Å². The number of halogens is 6. The van der Waals surface area contributed by atoms with Crippen molar-refractivity contribution in [2.75, 3.05) is 24.6 Å². The average molecular weight is 507 g/mol. The van der Waals surface area contributed by atoms with Gasteiger partial charge in [0.05, 0.1) is 21.9 Å². The van der Waals surface area contributed by atoms with Gasteiger partial charge in [-0.05, 0) is 36.2 Å². The van der Waals surface area contributed by atoms with Gasteiger partial charge in [-0.25, -0.2) is 14.9 Å². The Hall–Kier alpha value is -2.63. The summed E-state index contributed by atoms with van der Waals surface area (Å²) >= 11 is 11.5. The Labute approximate surface area is 194 Å². The number of hydrogen-bond acceptors (Lipinski definition) is 5. The van der Waals surface area contributed by atoms with E-state index in [1.165, 1.54) is 23.2 Å². The van der Waals surface area contributed by atoms with Gasteiger partial charge < -0.3 is 10.2 Å². The lowest BCUT2D eigenvalue weighted by molar-refractivity contribution is -0.184. The van der Waals surface area contributed by atoms with E-state index in [9.17, 15) is 27.2 Å². The van der Waals surface area contributed by atoms with E-state index in [0.29, 0.717) is 5.69 Å². The first-order chi connectivity index (χ1) is 15.5. The Balaban J connectivity index is 1.55. The molecule has 7 nitrogen and oxygen atoms in total. The van der Waals surface area contributed by atoms with Crippen LogP contribution in [0.5, 0.6) is 0 Å². The fourth-order valence-electron chi connectivity index (χ4n) is 3.88. The second-order valence-electron chi connectivity index (χ2n) is 7.71. The second kappa shape index (κ2) is 8.62. The standard InChI is InChI=1S/C20H16Cl2F4N4O3/c21-12-5-10(6-13(22)16(12)23)19(20(24,25)26)3-4-30(9-19)11-1-2-14(27-7-11)17(31)28-15-8-33-29-18(15)32/h1-2,5-7,15H,3-4,8-9H2,(H,28,31)(H,29,32). The molecule has 0 radical (unpaired) electrons. The molecule has 2 aliphatic rings. The minimum atomic E-state index is -4.66. The smallest absolute Gasteiger partial charge is 0.369 e. The van der Waals surface area contributed by atoms with E-state index in [2.05, 4.69) is 15.8 Å². The molecule has 2 N–H and O–H groups in total. The summed E-state index contributed by atoms with van der Waals surface area (Å²) in [5.41, 5.74) is -0.0973. The highest BCUT2D eigenvalue weighted by Gasteiger charge is 2.59. The number of hydrogen-bond donors (Lipinski definition) is 2. The molecule has 2 unspecified atom stereocenters. The molecule has 1 aromatic carbocycles. The van der Waals surface area contributed by atoms with E-state index in [1.54, 1.807) is 0 Å². The maximum absolute atomic E-state index is 14.2. The molecular formula is C20H16Cl2F4N4O3. The predicted octanol–water partition coefficient (Wildman–Crippen LogP) is 3.40. The molecule has 0 saturated carbocycles. The highest BCUT2D eigenvalue weighted by Crippen LogP contribution is 2.49. The van der Waals surface area contributed by atoms with Crippen molar-refractivity contribution in [1.29, 1.82) is 0 Å². The number of benzene rings is 1. The number of aromatic nitrogens is 1. The number of pyridine rings is 1. The lowest BCUT2D eigenvalue weighted by Gasteiger charge is -2.33. The van der Waals surface area contributed by atoms with Crippen molar-refractivity contribution in [3.05, 3.63) is 57.6 Å². The monoisotopic (exact) mass is 506 g/mol. The van der Waals surface area contributed by atoms with Crippen LogP contribution < -0.4 is 15.7 Å². The lowest BCUT2D eigenvalue weighted by atomic mass is 9.79. The molecule has 2 amide bonds. The normalized spacial score (nSPS) is 23.0. The molecule has 2 saturated heterocycles. The fraction of sp³-hybridized carbons (Fsp3) is 0.350. The van der Waals surface area contributed by atoms with E-state index in [4.69, 9.17) is 28.0 Å². The highest BCUT2D eigenvalue weighted by molar-refractivity contribution is 6.35. The summed E-state index contributed by atoms with van der Waals surface area (Å²) in [6, 6.07) is 3.85. The molecule has 2 atom stereocenters. The van der Waals surface area contributed by atoms with Crippen LogP contribution in [0.2, 0.25) is 10.0 Å². The van der Waals surface area contributed by atoms with Crippen LogP contribution in [-0.2, 0) is 15.0 Å². The van der Waals surface area contributed by atoms with Gasteiger partial charge in [-0.15, -0.1) is 0 Å². The summed E-state index contributed by atoms with van der Waals surface area (Å²) in [4.78, 5) is 33.9.